The number of methoxy groups -OCH3 is 2. The van der Waals surface area contributed by atoms with Crippen molar-refractivity contribution in [2.45, 2.75) is 12.5 Å². The normalized spacial score (nSPS) is 12.2. The van der Waals surface area contributed by atoms with Crippen molar-refractivity contribution in [1.82, 2.24) is 9.97 Å². The maximum Gasteiger partial charge on any atom is 0.242 e. The third kappa shape index (κ3) is 3.72. The average molecular weight is 242 g/mol. The molecule has 1 aromatic heterocycles. The predicted octanol–water partition coefficient (Wildman–Crippen LogP) is -0.123. The Balaban J connectivity index is 2.77. The first-order chi connectivity index (χ1) is 8.22. The highest BCUT2D eigenvalue weighted by Gasteiger charge is 2.13. The second-order valence-corrected chi connectivity index (χ2v) is 3.45. The zero-order chi connectivity index (χ0) is 12.7. The van der Waals surface area contributed by atoms with E-state index in [2.05, 4.69) is 15.3 Å². The van der Waals surface area contributed by atoms with Crippen molar-refractivity contribution in [2.75, 3.05) is 38.5 Å². The summed E-state index contributed by atoms with van der Waals surface area (Å²) in [4.78, 5) is 7.90. The van der Waals surface area contributed by atoms with Gasteiger partial charge in [-0.05, 0) is 6.42 Å². The molecule has 96 valence electrons. The molecular formula is C10H18N4O3. The molecule has 0 spiro atoms. The smallest absolute Gasteiger partial charge is 0.242 e. The van der Waals surface area contributed by atoms with Crippen molar-refractivity contribution in [3.8, 4) is 5.88 Å². The van der Waals surface area contributed by atoms with Crippen LogP contribution in [0.25, 0.3) is 0 Å². The van der Waals surface area contributed by atoms with Crippen LogP contribution in [0.5, 0.6) is 5.88 Å². The molecule has 0 aromatic carbocycles. The molecule has 7 nitrogen and oxygen atoms in total. The second kappa shape index (κ2) is 6.87. The van der Waals surface area contributed by atoms with Crippen LogP contribution in [-0.4, -0.2) is 48.5 Å². The molecule has 1 heterocycles. The Bertz CT molecular complexity index is 342. The van der Waals surface area contributed by atoms with Gasteiger partial charge in [-0.2, -0.15) is 4.98 Å². The number of nitrogens with one attached hydrogen (secondary N) is 1. The highest BCUT2D eigenvalue weighted by atomic mass is 16.5. The number of nitrogens with two attached hydrogens (primary N) is 1. The lowest BCUT2D eigenvalue weighted by molar-refractivity contribution is 0.170. The monoisotopic (exact) mass is 242 g/mol. The predicted molar refractivity (Wildman–Crippen MR) is 64.0 cm³/mol. The van der Waals surface area contributed by atoms with Gasteiger partial charge in [-0.25, -0.2) is 4.98 Å². The molecule has 0 bridgehead atoms. The summed E-state index contributed by atoms with van der Waals surface area (Å²) in [6.45, 7) is 0.509. The largest absolute Gasteiger partial charge is 0.479 e. The van der Waals surface area contributed by atoms with E-state index in [9.17, 15) is 0 Å². The van der Waals surface area contributed by atoms with Crippen LogP contribution < -0.4 is 15.8 Å². The lowest BCUT2D eigenvalue weighted by Crippen LogP contribution is -2.27. The number of aliphatic hydroxyl groups is 1. The van der Waals surface area contributed by atoms with E-state index >= 15 is 0 Å². The van der Waals surface area contributed by atoms with Gasteiger partial charge in [-0.15, -0.1) is 0 Å². The minimum absolute atomic E-state index is 0.0587. The summed E-state index contributed by atoms with van der Waals surface area (Å²) in [5.74, 6) is 0.801. The first kappa shape index (κ1) is 13.5. The van der Waals surface area contributed by atoms with Crippen LogP contribution in [0.4, 0.5) is 11.5 Å². The lowest BCUT2D eigenvalue weighted by atomic mass is 10.2. The Kier molecular flexibility index (Phi) is 5.44. The van der Waals surface area contributed by atoms with Gasteiger partial charge >= 0.3 is 0 Å². The van der Waals surface area contributed by atoms with Crippen molar-refractivity contribution in [3.63, 3.8) is 0 Å². The summed E-state index contributed by atoms with van der Waals surface area (Å²) in [7, 11) is 3.08. The van der Waals surface area contributed by atoms with Gasteiger partial charge in [-0.1, -0.05) is 0 Å². The minimum Gasteiger partial charge on any atom is -0.479 e. The van der Waals surface area contributed by atoms with Gasteiger partial charge < -0.3 is 25.6 Å². The molecule has 0 aliphatic heterocycles. The number of ether oxygens (including phenoxy) is 2. The van der Waals surface area contributed by atoms with Crippen molar-refractivity contribution in [1.29, 1.82) is 0 Å². The van der Waals surface area contributed by atoms with Crippen LogP contribution in [0.15, 0.2) is 6.33 Å². The van der Waals surface area contributed by atoms with E-state index in [1.54, 1.807) is 7.11 Å². The highest BCUT2D eigenvalue weighted by molar-refractivity contribution is 5.66. The number of hydrogen-bond donors (Lipinski definition) is 3. The quantitative estimate of drug-likeness (QED) is 0.612. The SMILES string of the molecule is COCC(CCO)Nc1ncnc(OC)c1N. The number of hydrogen-bond acceptors (Lipinski definition) is 7. The van der Waals surface area contributed by atoms with Gasteiger partial charge in [0, 0.05) is 13.7 Å². The number of nitrogens with zero attached hydrogens (tertiary/aromatic N) is 2. The van der Waals surface area contributed by atoms with Crippen LogP contribution in [0.3, 0.4) is 0 Å². The first-order valence-corrected chi connectivity index (χ1v) is 5.23. The number of anilines is 2. The third-order valence-electron chi connectivity index (χ3n) is 2.23. The Morgan fingerprint density at radius 1 is 1.47 bits per heavy atom. The van der Waals surface area contributed by atoms with Crippen molar-refractivity contribution < 1.29 is 14.6 Å². The number of aromatic nitrogens is 2. The molecule has 1 atom stereocenters. The van der Waals surface area contributed by atoms with Crippen LogP contribution in [-0.2, 0) is 4.74 Å². The fraction of sp³-hybridized carbons (Fsp3) is 0.600. The summed E-state index contributed by atoms with van der Waals surface area (Å²) in [5, 5.41) is 12.0. The van der Waals surface area contributed by atoms with Crippen LogP contribution >= 0.6 is 0 Å². The van der Waals surface area contributed by atoms with Gasteiger partial charge in [0.15, 0.2) is 5.82 Å². The lowest BCUT2D eigenvalue weighted by Gasteiger charge is -2.18. The molecule has 7 heteroatoms. The summed E-state index contributed by atoms with van der Waals surface area (Å²) < 4.78 is 10.0. The van der Waals surface area contributed by atoms with E-state index < -0.39 is 0 Å². The van der Waals surface area contributed by atoms with E-state index in [0.717, 1.165) is 0 Å². The van der Waals surface area contributed by atoms with Gasteiger partial charge in [0.2, 0.25) is 5.88 Å². The van der Waals surface area contributed by atoms with E-state index in [-0.39, 0.29) is 12.6 Å². The van der Waals surface area contributed by atoms with E-state index in [1.807, 2.05) is 0 Å². The van der Waals surface area contributed by atoms with Gasteiger partial charge in [0.25, 0.3) is 0 Å². The molecular weight excluding hydrogens is 224 g/mol. The molecule has 1 unspecified atom stereocenters. The molecule has 0 radical (unpaired) electrons. The van der Waals surface area contributed by atoms with Crippen molar-refractivity contribution in [2.24, 2.45) is 0 Å². The Hall–Kier alpha value is -1.60. The van der Waals surface area contributed by atoms with Gasteiger partial charge in [0.1, 0.15) is 12.0 Å². The fourth-order valence-corrected chi connectivity index (χ4v) is 1.40. The molecule has 0 saturated carbocycles. The van der Waals surface area contributed by atoms with Crippen LogP contribution in [0, 0.1) is 0 Å². The zero-order valence-electron chi connectivity index (χ0n) is 10.0. The van der Waals surface area contributed by atoms with Crippen LogP contribution in [0.2, 0.25) is 0 Å². The Morgan fingerprint density at radius 3 is 2.82 bits per heavy atom. The molecule has 0 fully saturated rings. The summed E-state index contributed by atoms with van der Waals surface area (Å²) in [6.07, 6.45) is 1.90. The summed E-state index contributed by atoms with van der Waals surface area (Å²) in [6, 6.07) is -0.0630. The third-order valence-corrected chi connectivity index (χ3v) is 2.23. The van der Waals surface area contributed by atoms with Gasteiger partial charge in [-0.3, -0.25) is 0 Å². The maximum atomic E-state index is 8.93. The summed E-state index contributed by atoms with van der Waals surface area (Å²) >= 11 is 0. The standard InChI is InChI=1S/C10H18N4O3/c1-16-5-7(3-4-15)14-9-8(11)10(17-2)13-6-12-9/h6-7,15H,3-5,11H2,1-2H3,(H,12,13,14). The van der Waals surface area contributed by atoms with E-state index in [4.69, 9.17) is 20.3 Å². The van der Waals surface area contributed by atoms with Gasteiger partial charge in [0.05, 0.1) is 19.8 Å². The highest BCUT2D eigenvalue weighted by Crippen LogP contribution is 2.24. The molecule has 1 aromatic rings. The maximum absolute atomic E-state index is 8.93. The average Bonchev–Trinajstić information content (AvgIpc) is 2.32. The van der Waals surface area contributed by atoms with E-state index in [1.165, 1.54) is 13.4 Å². The van der Waals surface area contributed by atoms with Crippen molar-refractivity contribution >= 4 is 11.5 Å². The zero-order valence-corrected chi connectivity index (χ0v) is 10.0. The van der Waals surface area contributed by atoms with Crippen molar-refractivity contribution in [3.05, 3.63) is 6.33 Å². The Labute approximate surface area is 100.0 Å². The minimum atomic E-state index is -0.0630. The first-order valence-electron chi connectivity index (χ1n) is 5.23. The number of aliphatic hydroxyl groups excluding tert-OH is 1. The Morgan fingerprint density at radius 2 is 2.24 bits per heavy atom. The summed E-state index contributed by atoms with van der Waals surface area (Å²) in [5.41, 5.74) is 6.16. The molecule has 4 N–H and O–H groups in total. The number of nitrogen functional groups attached to an aromatic ring is 1. The molecule has 0 amide bonds. The van der Waals surface area contributed by atoms with Crippen LogP contribution in [0.1, 0.15) is 6.42 Å². The van der Waals surface area contributed by atoms with E-state index in [0.29, 0.717) is 30.4 Å². The molecule has 0 aliphatic rings. The molecule has 0 aliphatic carbocycles. The fourth-order valence-electron chi connectivity index (χ4n) is 1.40. The second-order valence-electron chi connectivity index (χ2n) is 3.45. The molecule has 17 heavy (non-hydrogen) atoms. The number of rotatable bonds is 7. The molecule has 1 rings (SSSR count). The topological polar surface area (TPSA) is 103 Å². The molecule has 0 saturated heterocycles.